The number of hydrogen-bond acceptors (Lipinski definition) is 5. The van der Waals surface area contributed by atoms with Crippen molar-refractivity contribution in [1.82, 2.24) is 9.62 Å². The molecule has 1 saturated heterocycles. The van der Waals surface area contributed by atoms with Crippen LogP contribution in [0.1, 0.15) is 32.3 Å². The van der Waals surface area contributed by atoms with E-state index in [4.69, 9.17) is 4.74 Å². The molecule has 34 heavy (non-hydrogen) atoms. The Hall–Kier alpha value is -2.78. The van der Waals surface area contributed by atoms with Crippen LogP contribution in [0, 0.1) is 5.92 Å². The van der Waals surface area contributed by atoms with Gasteiger partial charge in [-0.3, -0.25) is 9.10 Å². The number of ether oxygens (including phenoxy) is 1. The zero-order chi connectivity index (χ0) is 24.7. The van der Waals surface area contributed by atoms with E-state index in [1.807, 2.05) is 57.1 Å². The zero-order valence-electron chi connectivity index (χ0n) is 20.5. The summed E-state index contributed by atoms with van der Waals surface area (Å²) in [5, 5.41) is 2.98. The number of nitrogens with zero attached hydrogens (tertiary/aromatic N) is 3. The highest BCUT2D eigenvalue weighted by molar-refractivity contribution is 7.90. The van der Waals surface area contributed by atoms with Gasteiger partial charge in [0.2, 0.25) is 5.91 Å². The summed E-state index contributed by atoms with van der Waals surface area (Å²) in [5.41, 5.74) is 2.68. The maximum atomic E-state index is 13.4. The molecule has 0 saturated carbocycles. The Morgan fingerprint density at radius 2 is 1.71 bits per heavy atom. The first kappa shape index (κ1) is 25.8. The van der Waals surface area contributed by atoms with E-state index in [1.54, 1.807) is 24.3 Å². The summed E-state index contributed by atoms with van der Waals surface area (Å²) in [7, 11) is 0.205. The van der Waals surface area contributed by atoms with Crippen molar-refractivity contribution in [2.24, 2.45) is 5.92 Å². The van der Waals surface area contributed by atoms with Gasteiger partial charge in [-0.1, -0.05) is 12.1 Å². The van der Waals surface area contributed by atoms with Crippen LogP contribution in [0.2, 0.25) is 0 Å². The average molecular weight is 489 g/mol. The van der Waals surface area contributed by atoms with Crippen LogP contribution < -0.4 is 19.3 Å². The van der Waals surface area contributed by atoms with Crippen molar-refractivity contribution in [2.75, 3.05) is 49.5 Å². The second kappa shape index (κ2) is 11.6. The Kier molecular flexibility index (Phi) is 8.79. The summed E-state index contributed by atoms with van der Waals surface area (Å²) in [5.74, 6) is 0.218. The minimum Gasteiger partial charge on any atom is -0.494 e. The number of carbonyl (C=O) groups is 1. The summed E-state index contributed by atoms with van der Waals surface area (Å²) in [4.78, 5) is 14.9. The van der Waals surface area contributed by atoms with Gasteiger partial charge in [0.25, 0.3) is 0 Å². The van der Waals surface area contributed by atoms with Gasteiger partial charge >= 0.3 is 10.2 Å². The standard InChI is InChI=1S/C25H36N4O4S/c1-5-29(23-13-15-24(16-14-23)33-6-2)34(31,32)28-17-7-8-21(19-28)25(30)26-18-20-9-11-22(12-10-20)27(3)4/h9-16,21H,5-8,17-19H2,1-4H3,(H,26,30)/t21-/m0/s1. The smallest absolute Gasteiger partial charge is 0.304 e. The Bertz CT molecular complexity index is 1040. The summed E-state index contributed by atoms with van der Waals surface area (Å²) in [6.45, 7) is 5.57. The number of hydrogen-bond donors (Lipinski definition) is 1. The normalized spacial score (nSPS) is 16.6. The fourth-order valence-electron chi connectivity index (χ4n) is 4.11. The summed E-state index contributed by atoms with van der Waals surface area (Å²) in [6, 6.07) is 15.0. The molecular formula is C25H36N4O4S. The molecular weight excluding hydrogens is 452 g/mol. The lowest BCUT2D eigenvalue weighted by molar-refractivity contribution is -0.126. The molecule has 1 fully saturated rings. The van der Waals surface area contributed by atoms with Crippen molar-refractivity contribution in [3.8, 4) is 5.75 Å². The molecule has 2 aromatic carbocycles. The molecule has 1 amide bonds. The highest BCUT2D eigenvalue weighted by atomic mass is 32.2. The van der Waals surface area contributed by atoms with Gasteiger partial charge in [0, 0.05) is 46.0 Å². The number of benzene rings is 2. The van der Waals surface area contributed by atoms with Crippen molar-refractivity contribution in [2.45, 2.75) is 33.2 Å². The Balaban J connectivity index is 1.64. The lowest BCUT2D eigenvalue weighted by Crippen LogP contribution is -2.50. The average Bonchev–Trinajstić information content (AvgIpc) is 2.84. The van der Waals surface area contributed by atoms with Gasteiger partial charge in [-0.05, 0) is 68.7 Å². The van der Waals surface area contributed by atoms with Gasteiger partial charge in [0.1, 0.15) is 5.75 Å². The van der Waals surface area contributed by atoms with Gasteiger partial charge in [0.05, 0.1) is 18.2 Å². The van der Waals surface area contributed by atoms with Gasteiger partial charge in [-0.25, -0.2) is 0 Å². The van der Waals surface area contributed by atoms with E-state index >= 15 is 0 Å². The second-order valence-corrected chi connectivity index (χ2v) is 10.4. The Labute approximate surface area is 203 Å². The van der Waals surface area contributed by atoms with E-state index < -0.39 is 10.2 Å². The predicted molar refractivity (Wildman–Crippen MR) is 136 cm³/mol. The minimum atomic E-state index is -3.76. The van der Waals surface area contributed by atoms with Crippen LogP contribution in [-0.2, 0) is 21.5 Å². The van der Waals surface area contributed by atoms with Crippen molar-refractivity contribution in [1.29, 1.82) is 0 Å². The molecule has 0 spiro atoms. The minimum absolute atomic E-state index is 0.110. The molecule has 1 heterocycles. The molecule has 1 aliphatic rings. The van der Waals surface area contributed by atoms with Crippen LogP contribution in [0.4, 0.5) is 11.4 Å². The van der Waals surface area contributed by atoms with Crippen molar-refractivity contribution < 1.29 is 17.9 Å². The molecule has 2 aromatic rings. The van der Waals surface area contributed by atoms with Crippen LogP contribution in [0.25, 0.3) is 0 Å². The third-order valence-corrected chi connectivity index (χ3v) is 8.01. The first-order chi connectivity index (χ1) is 16.3. The molecule has 1 aliphatic heterocycles. The summed E-state index contributed by atoms with van der Waals surface area (Å²) in [6.07, 6.45) is 1.32. The molecule has 1 atom stereocenters. The van der Waals surface area contributed by atoms with E-state index in [-0.39, 0.29) is 18.4 Å². The van der Waals surface area contributed by atoms with Crippen molar-refractivity contribution in [3.63, 3.8) is 0 Å². The maximum absolute atomic E-state index is 13.4. The van der Waals surface area contributed by atoms with Crippen LogP contribution in [0.15, 0.2) is 48.5 Å². The molecule has 9 heteroatoms. The molecule has 3 rings (SSSR count). The largest absolute Gasteiger partial charge is 0.494 e. The topological polar surface area (TPSA) is 82.2 Å². The third kappa shape index (κ3) is 6.21. The van der Waals surface area contributed by atoms with Crippen molar-refractivity contribution in [3.05, 3.63) is 54.1 Å². The van der Waals surface area contributed by atoms with Crippen LogP contribution in [-0.4, -0.2) is 59.0 Å². The van der Waals surface area contributed by atoms with E-state index in [9.17, 15) is 13.2 Å². The highest BCUT2D eigenvalue weighted by Gasteiger charge is 2.35. The second-order valence-electron chi connectivity index (χ2n) is 8.58. The quantitative estimate of drug-likeness (QED) is 0.555. The molecule has 0 aliphatic carbocycles. The van der Waals surface area contributed by atoms with Gasteiger partial charge in [-0.2, -0.15) is 12.7 Å². The molecule has 186 valence electrons. The lowest BCUT2D eigenvalue weighted by Gasteiger charge is -2.35. The maximum Gasteiger partial charge on any atom is 0.304 e. The lowest BCUT2D eigenvalue weighted by atomic mass is 9.99. The number of piperidine rings is 1. The van der Waals surface area contributed by atoms with Gasteiger partial charge < -0.3 is 15.0 Å². The third-order valence-electron chi connectivity index (χ3n) is 6.00. The number of anilines is 2. The fourth-order valence-corrected chi connectivity index (χ4v) is 5.83. The Morgan fingerprint density at radius 3 is 2.29 bits per heavy atom. The zero-order valence-corrected chi connectivity index (χ0v) is 21.3. The van der Waals surface area contributed by atoms with Crippen LogP contribution >= 0.6 is 0 Å². The van der Waals surface area contributed by atoms with Gasteiger partial charge in [0.15, 0.2) is 0 Å². The SMILES string of the molecule is CCOc1ccc(N(CC)S(=O)(=O)N2CCC[C@H](C(=O)NCc3ccc(N(C)C)cc3)C2)cc1. The summed E-state index contributed by atoms with van der Waals surface area (Å²) >= 11 is 0. The fraction of sp³-hybridized carbons (Fsp3) is 0.480. The highest BCUT2D eigenvalue weighted by Crippen LogP contribution is 2.27. The number of amides is 1. The molecule has 0 aromatic heterocycles. The molecule has 8 nitrogen and oxygen atoms in total. The molecule has 0 unspecified atom stereocenters. The van der Waals surface area contributed by atoms with Crippen molar-refractivity contribution >= 4 is 27.5 Å². The van der Waals surface area contributed by atoms with E-state index in [1.165, 1.54) is 8.61 Å². The molecule has 0 radical (unpaired) electrons. The van der Waals surface area contributed by atoms with E-state index in [0.29, 0.717) is 50.5 Å². The first-order valence-electron chi connectivity index (χ1n) is 11.8. The Morgan fingerprint density at radius 1 is 1.06 bits per heavy atom. The van der Waals surface area contributed by atoms with Gasteiger partial charge in [-0.15, -0.1) is 0 Å². The van der Waals surface area contributed by atoms with E-state index in [2.05, 4.69) is 5.32 Å². The number of rotatable bonds is 10. The first-order valence-corrected chi connectivity index (χ1v) is 13.2. The molecule has 0 bridgehead atoms. The monoisotopic (exact) mass is 488 g/mol. The molecule has 1 N–H and O–H groups in total. The van der Waals surface area contributed by atoms with E-state index in [0.717, 1.165) is 11.3 Å². The predicted octanol–water partition coefficient (Wildman–Crippen LogP) is 3.25. The number of nitrogens with one attached hydrogen (secondary N) is 1. The summed E-state index contributed by atoms with van der Waals surface area (Å²) < 4.78 is 35.2. The van der Waals surface area contributed by atoms with Crippen LogP contribution in [0.3, 0.4) is 0 Å². The van der Waals surface area contributed by atoms with Crippen LogP contribution in [0.5, 0.6) is 5.75 Å². The number of carbonyl (C=O) groups excluding carboxylic acids is 1.